The van der Waals surface area contributed by atoms with E-state index in [-0.39, 0.29) is 45.5 Å². The van der Waals surface area contributed by atoms with E-state index in [0.29, 0.717) is 22.5 Å². The van der Waals surface area contributed by atoms with E-state index in [2.05, 4.69) is 15.3 Å². The summed E-state index contributed by atoms with van der Waals surface area (Å²) in [5.74, 6) is -0.871. The fourth-order valence-electron chi connectivity index (χ4n) is 5.20. The molecule has 0 unspecified atom stereocenters. The van der Waals surface area contributed by atoms with Crippen LogP contribution in [0.2, 0.25) is 0 Å². The number of hydrogen-bond acceptors (Lipinski definition) is 5. The Kier molecular flexibility index (Phi) is 6.25. The molecule has 8 heteroatoms. The highest BCUT2D eigenvalue weighted by Gasteiger charge is 2.48. The molecule has 1 amide bonds. The number of hydrogen-bond donors (Lipinski definition) is 1. The summed E-state index contributed by atoms with van der Waals surface area (Å²) < 4.78 is 35.8. The normalized spacial score (nSPS) is 13.8. The first-order chi connectivity index (χ1) is 19.3. The minimum absolute atomic E-state index is 0.0189. The standard InChI is InChI=1S/C32H25F2N3O3/c1-18-4-5-20(24(38)17-32(12-13-32)31-36-14-3-15-37-31)16-23(18)22-10-11-25-26(28(22)34)27(30(39)35-2)29(40-25)19-6-8-21(33)9-7-19/h3-11,14-16H,12-13,17H2,1-2H3,(H,35,39). The van der Waals surface area contributed by atoms with E-state index in [1.54, 1.807) is 48.8 Å². The molecule has 1 saturated carbocycles. The number of fused-ring (bicyclic) bond motifs is 1. The van der Waals surface area contributed by atoms with Gasteiger partial charge in [-0.25, -0.2) is 18.7 Å². The van der Waals surface area contributed by atoms with Crippen LogP contribution >= 0.6 is 0 Å². The molecular weight excluding hydrogens is 512 g/mol. The number of aryl methyl sites for hydroxylation is 1. The van der Waals surface area contributed by atoms with Gasteiger partial charge in [-0.1, -0.05) is 12.1 Å². The Morgan fingerprint density at radius 3 is 2.38 bits per heavy atom. The predicted octanol–water partition coefficient (Wildman–Crippen LogP) is 6.81. The molecule has 200 valence electrons. The predicted molar refractivity (Wildman–Crippen MR) is 147 cm³/mol. The summed E-state index contributed by atoms with van der Waals surface area (Å²) in [7, 11) is 1.45. The smallest absolute Gasteiger partial charge is 0.255 e. The van der Waals surface area contributed by atoms with Crippen LogP contribution in [0, 0.1) is 18.6 Å². The van der Waals surface area contributed by atoms with Crippen LogP contribution in [0.5, 0.6) is 0 Å². The third-order valence-corrected chi connectivity index (χ3v) is 7.60. The maximum Gasteiger partial charge on any atom is 0.255 e. The van der Waals surface area contributed by atoms with E-state index < -0.39 is 17.5 Å². The molecule has 6 rings (SSSR count). The largest absolute Gasteiger partial charge is 0.455 e. The highest BCUT2D eigenvalue weighted by Crippen LogP contribution is 2.50. The molecule has 0 radical (unpaired) electrons. The maximum atomic E-state index is 16.3. The van der Waals surface area contributed by atoms with E-state index >= 15 is 4.39 Å². The zero-order valence-electron chi connectivity index (χ0n) is 21.9. The molecule has 0 saturated heterocycles. The Hall–Kier alpha value is -4.72. The number of nitrogens with one attached hydrogen (secondary N) is 1. The van der Waals surface area contributed by atoms with Crippen molar-refractivity contribution in [2.75, 3.05) is 7.05 Å². The van der Waals surface area contributed by atoms with Gasteiger partial charge in [0.2, 0.25) is 0 Å². The Morgan fingerprint density at radius 1 is 0.975 bits per heavy atom. The average Bonchev–Trinajstić information content (AvgIpc) is 3.65. The quantitative estimate of drug-likeness (QED) is 0.231. The molecule has 0 atom stereocenters. The van der Waals surface area contributed by atoms with Gasteiger partial charge >= 0.3 is 0 Å². The third-order valence-electron chi connectivity index (χ3n) is 7.60. The summed E-state index contributed by atoms with van der Waals surface area (Å²) in [6.07, 6.45) is 5.31. The van der Waals surface area contributed by atoms with Crippen LogP contribution in [0.1, 0.15) is 51.4 Å². The van der Waals surface area contributed by atoms with E-state index in [1.807, 2.05) is 6.92 Å². The first-order valence-corrected chi connectivity index (χ1v) is 13.0. The SMILES string of the molecule is CNC(=O)c1c(-c2ccc(F)cc2)oc2ccc(-c3cc(C(=O)CC4(c5ncccn5)CC4)ccc3C)c(F)c12. The Labute approximate surface area is 229 Å². The molecule has 1 aliphatic rings. The van der Waals surface area contributed by atoms with Crippen molar-refractivity contribution in [2.24, 2.45) is 0 Å². The Morgan fingerprint density at radius 2 is 1.70 bits per heavy atom. The van der Waals surface area contributed by atoms with E-state index in [1.165, 1.54) is 31.3 Å². The minimum atomic E-state index is -0.641. The third kappa shape index (κ3) is 4.35. The van der Waals surface area contributed by atoms with Gasteiger partial charge in [0, 0.05) is 48.0 Å². The van der Waals surface area contributed by atoms with E-state index in [0.717, 1.165) is 18.4 Å². The number of aromatic nitrogens is 2. The van der Waals surface area contributed by atoms with Crippen molar-refractivity contribution < 1.29 is 22.8 Å². The number of rotatable bonds is 7. The van der Waals surface area contributed by atoms with Crippen molar-refractivity contribution in [1.82, 2.24) is 15.3 Å². The second-order valence-electron chi connectivity index (χ2n) is 10.2. The van der Waals surface area contributed by atoms with Crippen LogP contribution in [0.25, 0.3) is 33.4 Å². The van der Waals surface area contributed by atoms with Gasteiger partial charge in [-0.2, -0.15) is 0 Å². The van der Waals surface area contributed by atoms with Gasteiger partial charge in [-0.05, 0) is 79.4 Å². The summed E-state index contributed by atoms with van der Waals surface area (Å²) >= 11 is 0. The fourth-order valence-corrected chi connectivity index (χ4v) is 5.20. The van der Waals surface area contributed by atoms with Gasteiger partial charge in [0.1, 0.15) is 28.8 Å². The number of halogens is 2. The summed E-state index contributed by atoms with van der Waals surface area (Å²) in [5.41, 5.74) is 2.30. The molecule has 6 nitrogen and oxygen atoms in total. The van der Waals surface area contributed by atoms with Gasteiger partial charge in [0.05, 0.1) is 10.9 Å². The van der Waals surface area contributed by atoms with Crippen LogP contribution < -0.4 is 5.32 Å². The molecule has 2 heterocycles. The lowest BCUT2D eigenvalue weighted by Gasteiger charge is -2.14. The van der Waals surface area contributed by atoms with E-state index in [4.69, 9.17) is 4.42 Å². The number of benzene rings is 3. The molecule has 0 aliphatic heterocycles. The molecule has 40 heavy (non-hydrogen) atoms. The molecule has 2 aromatic heterocycles. The van der Waals surface area contributed by atoms with Crippen molar-refractivity contribution in [3.05, 3.63) is 107 Å². The van der Waals surface area contributed by atoms with Crippen LogP contribution in [-0.2, 0) is 5.41 Å². The summed E-state index contributed by atoms with van der Waals surface area (Å²) in [4.78, 5) is 35.1. The van der Waals surface area contributed by atoms with Crippen molar-refractivity contribution >= 4 is 22.7 Å². The van der Waals surface area contributed by atoms with Gasteiger partial charge in [-0.15, -0.1) is 0 Å². The van der Waals surface area contributed by atoms with Crippen molar-refractivity contribution in [3.8, 4) is 22.5 Å². The van der Waals surface area contributed by atoms with Crippen molar-refractivity contribution in [2.45, 2.75) is 31.6 Å². The summed E-state index contributed by atoms with van der Waals surface area (Å²) in [6, 6.07) is 15.6. The number of ketones is 1. The number of nitrogens with zero attached hydrogens (tertiary/aromatic N) is 2. The Bertz CT molecular complexity index is 1780. The molecular formula is C32H25F2N3O3. The minimum Gasteiger partial charge on any atom is -0.455 e. The second kappa shape index (κ2) is 9.79. The fraction of sp³-hybridized carbons (Fsp3) is 0.188. The lowest BCUT2D eigenvalue weighted by molar-refractivity contribution is 0.0958. The first kappa shape index (κ1) is 25.6. The number of carbonyl (C=O) groups is 2. The Balaban J connectivity index is 1.43. The molecule has 1 N–H and O–H groups in total. The van der Waals surface area contributed by atoms with Crippen LogP contribution in [0.4, 0.5) is 8.78 Å². The van der Waals surface area contributed by atoms with Gasteiger partial charge in [-0.3, -0.25) is 9.59 Å². The zero-order valence-corrected chi connectivity index (χ0v) is 21.9. The first-order valence-electron chi connectivity index (χ1n) is 13.0. The summed E-state index contributed by atoms with van der Waals surface area (Å²) in [5, 5.41) is 2.57. The molecule has 1 aliphatic carbocycles. The van der Waals surface area contributed by atoms with Crippen LogP contribution in [0.3, 0.4) is 0 Å². The summed E-state index contributed by atoms with van der Waals surface area (Å²) in [6.45, 7) is 1.84. The highest BCUT2D eigenvalue weighted by atomic mass is 19.1. The number of Topliss-reactive ketones (excluding diaryl/α,β-unsaturated/α-hetero) is 1. The van der Waals surface area contributed by atoms with Crippen LogP contribution in [-0.4, -0.2) is 28.7 Å². The van der Waals surface area contributed by atoms with Crippen molar-refractivity contribution in [1.29, 1.82) is 0 Å². The highest BCUT2D eigenvalue weighted by molar-refractivity contribution is 6.12. The van der Waals surface area contributed by atoms with Gasteiger partial charge in [0.15, 0.2) is 5.78 Å². The molecule has 3 aromatic carbocycles. The van der Waals surface area contributed by atoms with Gasteiger partial charge in [0.25, 0.3) is 5.91 Å². The monoisotopic (exact) mass is 537 g/mol. The maximum absolute atomic E-state index is 16.3. The zero-order chi connectivity index (χ0) is 28.0. The van der Waals surface area contributed by atoms with Crippen LogP contribution in [0.15, 0.2) is 77.5 Å². The van der Waals surface area contributed by atoms with E-state index in [9.17, 15) is 14.0 Å². The molecule has 0 spiro atoms. The number of amides is 1. The van der Waals surface area contributed by atoms with Gasteiger partial charge < -0.3 is 9.73 Å². The number of furan rings is 1. The topological polar surface area (TPSA) is 85.1 Å². The second-order valence-corrected chi connectivity index (χ2v) is 10.2. The molecule has 0 bridgehead atoms. The molecule has 5 aromatic rings. The molecule has 1 fully saturated rings. The lowest BCUT2D eigenvalue weighted by atomic mass is 9.91. The number of carbonyl (C=O) groups excluding carboxylic acids is 2. The van der Waals surface area contributed by atoms with Crippen molar-refractivity contribution in [3.63, 3.8) is 0 Å². The average molecular weight is 538 g/mol. The lowest BCUT2D eigenvalue weighted by Crippen LogP contribution is -2.18.